The molecular formula is C17H24N4O2. The average Bonchev–Trinajstić information content (AvgIpc) is 3.09. The van der Waals surface area contributed by atoms with Gasteiger partial charge in [-0.1, -0.05) is 19.0 Å². The third kappa shape index (κ3) is 3.32. The molecule has 0 spiro atoms. The third-order valence-corrected chi connectivity index (χ3v) is 4.75. The van der Waals surface area contributed by atoms with Crippen molar-refractivity contribution in [2.24, 2.45) is 0 Å². The molecule has 6 nitrogen and oxygen atoms in total. The van der Waals surface area contributed by atoms with Crippen molar-refractivity contribution in [3.05, 3.63) is 29.6 Å². The molecule has 124 valence electrons. The van der Waals surface area contributed by atoms with Gasteiger partial charge in [-0.05, 0) is 32.2 Å². The van der Waals surface area contributed by atoms with E-state index in [0.29, 0.717) is 17.8 Å². The molecule has 0 unspecified atom stereocenters. The van der Waals surface area contributed by atoms with Gasteiger partial charge >= 0.3 is 0 Å². The Kier molecular flexibility index (Phi) is 3.93. The van der Waals surface area contributed by atoms with Gasteiger partial charge in [0.1, 0.15) is 5.76 Å². The molecule has 0 amide bonds. The van der Waals surface area contributed by atoms with Crippen LogP contribution in [0, 0.1) is 0 Å². The summed E-state index contributed by atoms with van der Waals surface area (Å²) in [5, 5.41) is 4.22. The average molecular weight is 316 g/mol. The molecule has 1 saturated carbocycles. The smallest absolute Gasteiger partial charge is 0.229 e. The van der Waals surface area contributed by atoms with Crippen LogP contribution < -0.4 is 0 Å². The maximum absolute atomic E-state index is 5.83. The van der Waals surface area contributed by atoms with Crippen molar-refractivity contribution < 1.29 is 8.94 Å². The van der Waals surface area contributed by atoms with Crippen LogP contribution in [-0.2, 0) is 6.54 Å². The highest BCUT2D eigenvalue weighted by atomic mass is 16.5. The Bertz CT molecular complexity index is 659. The Morgan fingerprint density at radius 2 is 2.13 bits per heavy atom. The summed E-state index contributed by atoms with van der Waals surface area (Å²) in [5.74, 6) is 4.75. The van der Waals surface area contributed by atoms with Crippen molar-refractivity contribution in [1.29, 1.82) is 0 Å². The first-order chi connectivity index (χ1) is 11.2. The van der Waals surface area contributed by atoms with Crippen molar-refractivity contribution in [1.82, 2.24) is 20.0 Å². The first-order valence-corrected chi connectivity index (χ1v) is 8.69. The monoisotopic (exact) mass is 316 g/mol. The fourth-order valence-electron chi connectivity index (χ4n) is 3.17. The molecule has 0 radical (unpaired) electrons. The summed E-state index contributed by atoms with van der Waals surface area (Å²) in [4.78, 5) is 11.4. The largest absolute Gasteiger partial charge is 0.444 e. The van der Waals surface area contributed by atoms with Crippen LogP contribution in [0.4, 0.5) is 0 Å². The summed E-state index contributed by atoms with van der Waals surface area (Å²) in [6.07, 6.45) is 6.52. The second-order valence-corrected chi connectivity index (χ2v) is 7.15. The molecule has 0 bridgehead atoms. The first-order valence-electron chi connectivity index (χ1n) is 8.69. The highest BCUT2D eigenvalue weighted by Gasteiger charge is 2.32. The Morgan fingerprint density at radius 1 is 1.26 bits per heavy atom. The molecule has 2 aromatic rings. The lowest BCUT2D eigenvalue weighted by Gasteiger charge is -2.30. The quantitative estimate of drug-likeness (QED) is 0.841. The highest BCUT2D eigenvalue weighted by molar-refractivity contribution is 5.06. The minimum absolute atomic E-state index is 0.361. The maximum atomic E-state index is 5.83. The van der Waals surface area contributed by atoms with Gasteiger partial charge in [-0.15, -0.1) is 0 Å². The van der Waals surface area contributed by atoms with Gasteiger partial charge < -0.3 is 8.94 Å². The fourth-order valence-corrected chi connectivity index (χ4v) is 3.17. The van der Waals surface area contributed by atoms with Crippen LogP contribution >= 0.6 is 0 Å². The standard InChI is InChI=1S/C17H24N4O2/c1-11(2)14-8-18-15(22-14)10-21-7-3-4-13(9-21)16-19-17(23-20-16)12-5-6-12/h8,11-13H,3-7,9-10H2,1-2H3/t13-/m1/s1. The van der Waals surface area contributed by atoms with Gasteiger partial charge in [0.05, 0.1) is 12.7 Å². The normalized spacial score (nSPS) is 22.8. The van der Waals surface area contributed by atoms with E-state index in [1.54, 1.807) is 0 Å². The Morgan fingerprint density at radius 3 is 2.87 bits per heavy atom. The zero-order chi connectivity index (χ0) is 15.8. The lowest BCUT2D eigenvalue weighted by Crippen LogP contribution is -2.34. The molecule has 1 aliphatic heterocycles. The number of hydrogen-bond donors (Lipinski definition) is 0. The molecule has 2 aliphatic rings. The number of rotatable bonds is 5. The van der Waals surface area contributed by atoms with E-state index in [0.717, 1.165) is 55.8 Å². The van der Waals surface area contributed by atoms with Crippen LogP contribution in [-0.4, -0.2) is 33.1 Å². The molecule has 6 heteroatoms. The molecule has 1 atom stereocenters. The molecular weight excluding hydrogens is 292 g/mol. The van der Waals surface area contributed by atoms with E-state index in [9.17, 15) is 0 Å². The number of nitrogens with zero attached hydrogens (tertiary/aromatic N) is 4. The number of piperidine rings is 1. The van der Waals surface area contributed by atoms with E-state index in [1.165, 1.54) is 12.8 Å². The second kappa shape index (κ2) is 6.07. The van der Waals surface area contributed by atoms with Crippen molar-refractivity contribution in [3.63, 3.8) is 0 Å². The van der Waals surface area contributed by atoms with Crippen molar-refractivity contribution in [2.75, 3.05) is 13.1 Å². The van der Waals surface area contributed by atoms with Crippen LogP contribution in [0.2, 0.25) is 0 Å². The zero-order valence-electron chi connectivity index (χ0n) is 13.9. The van der Waals surface area contributed by atoms with Gasteiger partial charge in [-0.25, -0.2) is 4.98 Å². The van der Waals surface area contributed by atoms with Gasteiger partial charge in [0.15, 0.2) is 5.82 Å². The first kappa shape index (κ1) is 14.9. The molecule has 4 rings (SSSR count). The molecule has 3 heterocycles. The predicted octanol–water partition coefficient (Wildman–Crippen LogP) is 3.44. The molecule has 2 aromatic heterocycles. The van der Waals surface area contributed by atoms with E-state index in [4.69, 9.17) is 8.94 Å². The summed E-state index contributed by atoms with van der Waals surface area (Å²) in [6, 6.07) is 0. The summed E-state index contributed by atoms with van der Waals surface area (Å²) in [6.45, 7) is 7.02. The van der Waals surface area contributed by atoms with Gasteiger partial charge in [0.25, 0.3) is 0 Å². The lowest BCUT2D eigenvalue weighted by atomic mass is 9.97. The van der Waals surface area contributed by atoms with E-state index in [-0.39, 0.29) is 0 Å². The van der Waals surface area contributed by atoms with Gasteiger partial charge in [-0.2, -0.15) is 4.98 Å². The summed E-state index contributed by atoms with van der Waals surface area (Å²) in [7, 11) is 0. The van der Waals surface area contributed by atoms with Crippen molar-refractivity contribution in [3.8, 4) is 0 Å². The molecule has 1 saturated heterocycles. The van der Waals surface area contributed by atoms with Crippen molar-refractivity contribution >= 4 is 0 Å². The number of hydrogen-bond acceptors (Lipinski definition) is 6. The van der Waals surface area contributed by atoms with Crippen molar-refractivity contribution in [2.45, 2.75) is 63.8 Å². The minimum atomic E-state index is 0.361. The lowest BCUT2D eigenvalue weighted by molar-refractivity contribution is 0.177. The van der Waals surface area contributed by atoms with E-state index >= 15 is 0 Å². The predicted molar refractivity (Wildman–Crippen MR) is 84.1 cm³/mol. The molecule has 0 N–H and O–H groups in total. The van der Waals surface area contributed by atoms with Gasteiger partial charge in [-0.3, -0.25) is 4.90 Å². The molecule has 0 aromatic carbocycles. The van der Waals surface area contributed by atoms with Gasteiger partial charge in [0, 0.05) is 24.3 Å². The zero-order valence-corrected chi connectivity index (χ0v) is 13.9. The molecule has 23 heavy (non-hydrogen) atoms. The maximum Gasteiger partial charge on any atom is 0.229 e. The number of oxazole rings is 1. The topological polar surface area (TPSA) is 68.2 Å². The van der Waals surface area contributed by atoms with Crippen LogP contribution in [0.15, 0.2) is 15.1 Å². The van der Waals surface area contributed by atoms with Crippen LogP contribution in [0.25, 0.3) is 0 Å². The minimum Gasteiger partial charge on any atom is -0.444 e. The summed E-state index contributed by atoms with van der Waals surface area (Å²) < 4.78 is 11.2. The SMILES string of the molecule is CC(C)c1cnc(CN2CCC[C@@H](c3noc(C4CC4)n3)C2)o1. The Balaban J connectivity index is 1.39. The van der Waals surface area contributed by atoms with E-state index in [2.05, 4.69) is 33.9 Å². The molecule has 1 aliphatic carbocycles. The van der Waals surface area contributed by atoms with Gasteiger partial charge in [0.2, 0.25) is 11.8 Å². The van der Waals surface area contributed by atoms with Crippen LogP contribution in [0.5, 0.6) is 0 Å². The fraction of sp³-hybridized carbons (Fsp3) is 0.706. The number of aromatic nitrogens is 3. The summed E-state index contributed by atoms with van der Waals surface area (Å²) >= 11 is 0. The Labute approximate surface area is 136 Å². The second-order valence-electron chi connectivity index (χ2n) is 7.15. The van der Waals surface area contributed by atoms with Crippen LogP contribution in [0.3, 0.4) is 0 Å². The number of likely N-dealkylation sites (tertiary alicyclic amines) is 1. The highest BCUT2D eigenvalue weighted by Crippen LogP contribution is 2.39. The van der Waals surface area contributed by atoms with E-state index in [1.807, 2.05) is 6.20 Å². The van der Waals surface area contributed by atoms with E-state index < -0.39 is 0 Å². The summed E-state index contributed by atoms with van der Waals surface area (Å²) in [5.41, 5.74) is 0. The molecule has 2 fully saturated rings. The third-order valence-electron chi connectivity index (χ3n) is 4.75. The Hall–Kier alpha value is -1.69. The van der Waals surface area contributed by atoms with Crippen LogP contribution in [0.1, 0.15) is 80.7 Å².